The maximum atomic E-state index is 11.3. The van der Waals surface area contributed by atoms with Crippen molar-refractivity contribution < 1.29 is 9.53 Å². The minimum atomic E-state index is -0.558. The second-order valence-corrected chi connectivity index (χ2v) is 3.69. The summed E-state index contributed by atoms with van der Waals surface area (Å²) in [5.41, 5.74) is 13.2. The van der Waals surface area contributed by atoms with Crippen molar-refractivity contribution in [2.45, 2.75) is 0 Å². The summed E-state index contributed by atoms with van der Waals surface area (Å²) in [5.74, 6) is -0.108. The molecule has 1 heterocycles. The van der Waals surface area contributed by atoms with Gasteiger partial charge in [0.15, 0.2) is 0 Å². The molecular formula is C13H13N3O2. The van der Waals surface area contributed by atoms with Gasteiger partial charge in [0.05, 0.1) is 18.4 Å². The van der Waals surface area contributed by atoms with Gasteiger partial charge in [-0.15, -0.1) is 0 Å². The SMILES string of the molecule is COc1ncccc1-c1cccc(C(N)=O)c1N. The van der Waals surface area contributed by atoms with E-state index in [4.69, 9.17) is 16.2 Å². The lowest BCUT2D eigenvalue weighted by Crippen LogP contribution is -2.14. The fourth-order valence-corrected chi connectivity index (χ4v) is 1.77. The molecule has 5 nitrogen and oxygen atoms in total. The number of aromatic nitrogens is 1. The van der Waals surface area contributed by atoms with E-state index in [0.29, 0.717) is 22.7 Å². The Bertz CT molecular complexity index is 597. The average molecular weight is 243 g/mol. The van der Waals surface area contributed by atoms with Crippen LogP contribution >= 0.6 is 0 Å². The summed E-state index contributed by atoms with van der Waals surface area (Å²) in [6, 6.07) is 8.69. The van der Waals surface area contributed by atoms with Gasteiger partial charge in [-0.2, -0.15) is 0 Å². The summed E-state index contributed by atoms with van der Waals surface area (Å²) in [4.78, 5) is 15.4. The average Bonchev–Trinajstić information content (AvgIpc) is 2.38. The molecule has 0 unspecified atom stereocenters. The minimum absolute atomic E-state index is 0.290. The third kappa shape index (κ3) is 1.98. The van der Waals surface area contributed by atoms with Crippen LogP contribution in [0.25, 0.3) is 11.1 Å². The van der Waals surface area contributed by atoms with Gasteiger partial charge in [-0.05, 0) is 18.2 Å². The van der Waals surface area contributed by atoms with Crippen molar-refractivity contribution in [2.75, 3.05) is 12.8 Å². The first kappa shape index (κ1) is 11.9. The summed E-state index contributed by atoms with van der Waals surface area (Å²) in [6.07, 6.45) is 1.62. The van der Waals surface area contributed by atoms with Crippen LogP contribution in [0.1, 0.15) is 10.4 Å². The zero-order valence-electron chi connectivity index (χ0n) is 9.88. The van der Waals surface area contributed by atoms with Gasteiger partial charge < -0.3 is 16.2 Å². The number of carbonyl (C=O) groups is 1. The first-order valence-corrected chi connectivity index (χ1v) is 5.33. The van der Waals surface area contributed by atoms with Crippen LogP contribution in [0.2, 0.25) is 0 Å². The molecular weight excluding hydrogens is 230 g/mol. The van der Waals surface area contributed by atoms with Gasteiger partial charge in [0, 0.05) is 17.3 Å². The molecule has 0 aliphatic rings. The molecule has 0 bridgehead atoms. The molecule has 92 valence electrons. The molecule has 1 aromatic carbocycles. The molecule has 0 spiro atoms. The van der Waals surface area contributed by atoms with E-state index in [-0.39, 0.29) is 0 Å². The van der Waals surface area contributed by atoms with Crippen LogP contribution in [-0.2, 0) is 0 Å². The Morgan fingerprint density at radius 3 is 2.61 bits per heavy atom. The summed E-state index contributed by atoms with van der Waals surface area (Å²) in [7, 11) is 1.53. The number of anilines is 1. The predicted molar refractivity (Wildman–Crippen MR) is 69.2 cm³/mol. The van der Waals surface area contributed by atoms with Crippen LogP contribution in [-0.4, -0.2) is 18.0 Å². The molecule has 2 rings (SSSR count). The fourth-order valence-electron chi connectivity index (χ4n) is 1.77. The van der Waals surface area contributed by atoms with E-state index in [2.05, 4.69) is 4.98 Å². The van der Waals surface area contributed by atoms with Gasteiger partial charge in [-0.25, -0.2) is 4.98 Å². The molecule has 0 radical (unpaired) electrons. The second kappa shape index (κ2) is 4.75. The molecule has 4 N–H and O–H groups in total. The van der Waals surface area contributed by atoms with Gasteiger partial charge in [0.2, 0.25) is 5.88 Å². The van der Waals surface area contributed by atoms with Crippen molar-refractivity contribution in [3.05, 3.63) is 42.1 Å². The Balaban J connectivity index is 2.64. The lowest BCUT2D eigenvalue weighted by Gasteiger charge is -2.11. The molecule has 0 aliphatic heterocycles. The van der Waals surface area contributed by atoms with Crippen LogP contribution in [0, 0.1) is 0 Å². The monoisotopic (exact) mass is 243 g/mol. The molecule has 18 heavy (non-hydrogen) atoms. The highest BCUT2D eigenvalue weighted by Gasteiger charge is 2.14. The van der Waals surface area contributed by atoms with E-state index in [1.807, 2.05) is 6.07 Å². The number of benzene rings is 1. The lowest BCUT2D eigenvalue weighted by molar-refractivity contribution is 0.100. The van der Waals surface area contributed by atoms with Crippen molar-refractivity contribution >= 4 is 11.6 Å². The Hall–Kier alpha value is -2.56. The molecule has 0 fully saturated rings. The van der Waals surface area contributed by atoms with Crippen molar-refractivity contribution in [3.63, 3.8) is 0 Å². The number of hydrogen-bond donors (Lipinski definition) is 2. The van der Waals surface area contributed by atoms with Gasteiger partial charge >= 0.3 is 0 Å². The van der Waals surface area contributed by atoms with E-state index in [9.17, 15) is 4.79 Å². The number of hydrogen-bond acceptors (Lipinski definition) is 4. The standard InChI is InChI=1S/C13H13N3O2/c1-18-13-9(6-3-7-16-13)8-4-2-5-10(11(8)14)12(15)17/h2-7H,14H2,1H3,(H2,15,17). The number of para-hydroxylation sites is 1. The molecule has 1 amide bonds. The number of ether oxygens (including phenoxy) is 1. The first-order valence-electron chi connectivity index (χ1n) is 5.33. The number of nitrogens with zero attached hydrogens (tertiary/aromatic N) is 1. The van der Waals surface area contributed by atoms with Crippen LogP contribution in [0.15, 0.2) is 36.5 Å². The molecule has 0 saturated heterocycles. The molecule has 1 aromatic heterocycles. The smallest absolute Gasteiger partial charge is 0.250 e. The van der Waals surface area contributed by atoms with Crippen molar-refractivity contribution in [1.82, 2.24) is 4.98 Å². The van der Waals surface area contributed by atoms with Crippen LogP contribution in [0.3, 0.4) is 0 Å². The summed E-state index contributed by atoms with van der Waals surface area (Å²) in [6.45, 7) is 0. The summed E-state index contributed by atoms with van der Waals surface area (Å²) < 4.78 is 5.17. The van der Waals surface area contributed by atoms with Crippen LogP contribution in [0.5, 0.6) is 5.88 Å². The number of pyridine rings is 1. The Morgan fingerprint density at radius 2 is 1.94 bits per heavy atom. The minimum Gasteiger partial charge on any atom is -0.481 e. The molecule has 0 atom stereocenters. The quantitative estimate of drug-likeness (QED) is 0.798. The maximum absolute atomic E-state index is 11.3. The maximum Gasteiger partial charge on any atom is 0.250 e. The first-order chi connectivity index (χ1) is 8.65. The fraction of sp³-hybridized carbons (Fsp3) is 0.0769. The topological polar surface area (TPSA) is 91.2 Å². The largest absolute Gasteiger partial charge is 0.481 e. The van der Waals surface area contributed by atoms with E-state index in [1.165, 1.54) is 7.11 Å². The van der Waals surface area contributed by atoms with Crippen molar-refractivity contribution in [1.29, 1.82) is 0 Å². The lowest BCUT2D eigenvalue weighted by atomic mass is 10.0. The summed E-state index contributed by atoms with van der Waals surface area (Å²) in [5, 5.41) is 0. The molecule has 0 aliphatic carbocycles. The van der Waals surface area contributed by atoms with Gasteiger partial charge in [-0.1, -0.05) is 12.1 Å². The van der Waals surface area contributed by atoms with Gasteiger partial charge in [-0.3, -0.25) is 4.79 Å². The Labute approximate surface area is 104 Å². The molecule has 2 aromatic rings. The highest BCUT2D eigenvalue weighted by molar-refractivity contribution is 6.01. The zero-order valence-corrected chi connectivity index (χ0v) is 9.88. The highest BCUT2D eigenvalue weighted by Crippen LogP contribution is 2.33. The number of amides is 1. The number of nitrogens with two attached hydrogens (primary N) is 2. The van der Waals surface area contributed by atoms with E-state index >= 15 is 0 Å². The Morgan fingerprint density at radius 1 is 1.22 bits per heavy atom. The van der Waals surface area contributed by atoms with Crippen molar-refractivity contribution in [2.24, 2.45) is 5.73 Å². The van der Waals surface area contributed by atoms with Gasteiger partial charge in [0.25, 0.3) is 5.91 Å². The molecule has 5 heteroatoms. The third-order valence-corrected chi connectivity index (χ3v) is 2.63. The zero-order chi connectivity index (χ0) is 13.1. The van der Waals surface area contributed by atoms with E-state index in [0.717, 1.165) is 5.56 Å². The third-order valence-electron chi connectivity index (χ3n) is 2.63. The normalized spacial score (nSPS) is 10.1. The van der Waals surface area contributed by atoms with E-state index < -0.39 is 5.91 Å². The van der Waals surface area contributed by atoms with Crippen molar-refractivity contribution in [3.8, 4) is 17.0 Å². The number of rotatable bonds is 3. The number of nitrogen functional groups attached to an aromatic ring is 1. The number of methoxy groups -OCH3 is 1. The number of primary amides is 1. The molecule has 0 saturated carbocycles. The van der Waals surface area contributed by atoms with Gasteiger partial charge in [0.1, 0.15) is 0 Å². The second-order valence-electron chi connectivity index (χ2n) is 3.69. The van der Waals surface area contributed by atoms with E-state index in [1.54, 1.807) is 30.5 Å². The number of carbonyl (C=O) groups excluding carboxylic acids is 1. The van der Waals surface area contributed by atoms with Crippen LogP contribution < -0.4 is 16.2 Å². The van der Waals surface area contributed by atoms with Crippen LogP contribution in [0.4, 0.5) is 5.69 Å². The predicted octanol–water partition coefficient (Wildman–Crippen LogP) is 1.44. The Kier molecular flexibility index (Phi) is 3.14. The highest BCUT2D eigenvalue weighted by atomic mass is 16.5. The summed E-state index contributed by atoms with van der Waals surface area (Å²) >= 11 is 0.